The zero-order chi connectivity index (χ0) is 9.19. The summed E-state index contributed by atoms with van der Waals surface area (Å²) in [5, 5.41) is 9.25. The number of hydrogen-bond donors (Lipinski definition) is 3. The number of hydrogen-bond acceptors (Lipinski definition) is 5. The van der Waals surface area contributed by atoms with Crippen molar-refractivity contribution in [3.63, 3.8) is 0 Å². The van der Waals surface area contributed by atoms with Crippen molar-refractivity contribution in [3.8, 4) is 0 Å². The highest BCUT2D eigenvalue weighted by atomic mass is 16.7. The van der Waals surface area contributed by atoms with Gasteiger partial charge in [0.2, 0.25) is 0 Å². The summed E-state index contributed by atoms with van der Waals surface area (Å²) in [6, 6.07) is 0. The van der Waals surface area contributed by atoms with Gasteiger partial charge in [-0.25, -0.2) is 5.43 Å². The summed E-state index contributed by atoms with van der Waals surface area (Å²) in [7, 11) is 3.20. The predicted molar refractivity (Wildman–Crippen MR) is 42.8 cm³/mol. The average molecular weight is 176 g/mol. The number of ether oxygens (including phenoxy) is 2. The zero-order valence-corrected chi connectivity index (χ0v) is 7.41. The third-order valence-corrected chi connectivity index (χ3v) is 2.51. The average Bonchev–Trinajstić information content (AvgIpc) is 2.04. The molecule has 5 heteroatoms. The van der Waals surface area contributed by atoms with Crippen LogP contribution in [-0.4, -0.2) is 31.3 Å². The summed E-state index contributed by atoms with van der Waals surface area (Å²) in [5.74, 6) is 4.70. The number of methoxy groups -OCH3 is 2. The minimum absolute atomic E-state index is 0.120. The van der Waals surface area contributed by atoms with Crippen LogP contribution in [0.25, 0.3) is 0 Å². The van der Waals surface area contributed by atoms with Crippen molar-refractivity contribution in [1.29, 1.82) is 0 Å². The first-order valence-electron chi connectivity index (χ1n) is 3.92. The first-order valence-corrected chi connectivity index (χ1v) is 3.92. The van der Waals surface area contributed by atoms with Gasteiger partial charge < -0.3 is 14.6 Å². The molecule has 4 N–H and O–H groups in total. The fourth-order valence-corrected chi connectivity index (χ4v) is 1.52. The van der Waals surface area contributed by atoms with E-state index in [4.69, 9.17) is 15.3 Å². The maximum absolute atomic E-state index is 9.25. The van der Waals surface area contributed by atoms with E-state index < -0.39 is 12.0 Å². The number of nitrogens with one attached hydrogen (secondary N) is 1. The second kappa shape index (κ2) is 3.68. The third-order valence-electron chi connectivity index (χ3n) is 2.51. The van der Waals surface area contributed by atoms with Gasteiger partial charge in [0.1, 0.15) is 6.23 Å². The van der Waals surface area contributed by atoms with Crippen molar-refractivity contribution in [1.82, 2.24) is 5.43 Å². The quantitative estimate of drug-likeness (QED) is 0.296. The van der Waals surface area contributed by atoms with E-state index in [1.165, 1.54) is 0 Å². The molecule has 0 bridgehead atoms. The summed E-state index contributed by atoms with van der Waals surface area (Å²) < 4.78 is 10.3. The number of aliphatic hydroxyl groups excluding tert-OH is 1. The summed E-state index contributed by atoms with van der Waals surface area (Å²) in [6.45, 7) is 0. The van der Waals surface area contributed by atoms with Crippen LogP contribution in [0, 0.1) is 5.92 Å². The van der Waals surface area contributed by atoms with Gasteiger partial charge in [-0.1, -0.05) is 0 Å². The van der Waals surface area contributed by atoms with E-state index in [0.717, 1.165) is 0 Å². The largest absolute Gasteiger partial charge is 0.377 e. The Morgan fingerprint density at radius 2 is 2.00 bits per heavy atom. The van der Waals surface area contributed by atoms with Crippen LogP contribution in [0.3, 0.4) is 0 Å². The van der Waals surface area contributed by atoms with Gasteiger partial charge in [0.25, 0.3) is 0 Å². The van der Waals surface area contributed by atoms with Gasteiger partial charge in [0.15, 0.2) is 5.79 Å². The lowest BCUT2D eigenvalue weighted by Crippen LogP contribution is -2.55. The molecular weight excluding hydrogens is 160 g/mol. The van der Waals surface area contributed by atoms with Crippen LogP contribution in [0.4, 0.5) is 0 Å². The molecule has 0 aliphatic heterocycles. The smallest absolute Gasteiger partial charge is 0.168 e. The Labute approximate surface area is 71.8 Å². The van der Waals surface area contributed by atoms with E-state index in [1.54, 1.807) is 14.2 Å². The molecule has 5 nitrogen and oxygen atoms in total. The lowest BCUT2D eigenvalue weighted by atomic mass is 9.77. The highest BCUT2D eigenvalue weighted by Crippen LogP contribution is 2.42. The van der Waals surface area contributed by atoms with Gasteiger partial charge in [0.05, 0.1) is 0 Å². The Hall–Kier alpha value is -0.200. The number of rotatable bonds is 4. The van der Waals surface area contributed by atoms with Crippen LogP contribution in [0.1, 0.15) is 12.8 Å². The molecule has 1 aliphatic carbocycles. The monoisotopic (exact) mass is 176 g/mol. The summed E-state index contributed by atoms with van der Waals surface area (Å²) >= 11 is 0. The summed E-state index contributed by atoms with van der Waals surface area (Å²) in [6.07, 6.45) is 0.680. The normalized spacial score (nSPS) is 25.0. The molecule has 0 saturated heterocycles. The number of hydrazine groups is 1. The number of nitrogens with two attached hydrogens (primary N) is 1. The Kier molecular flexibility index (Phi) is 3.03. The molecule has 0 amide bonds. The van der Waals surface area contributed by atoms with E-state index >= 15 is 0 Å². The lowest BCUT2D eigenvalue weighted by Gasteiger charge is -2.46. The summed E-state index contributed by atoms with van der Waals surface area (Å²) in [5.41, 5.74) is 2.30. The topological polar surface area (TPSA) is 76.7 Å². The van der Waals surface area contributed by atoms with Crippen LogP contribution >= 0.6 is 0 Å². The van der Waals surface area contributed by atoms with Crippen LogP contribution in [-0.2, 0) is 9.47 Å². The zero-order valence-electron chi connectivity index (χ0n) is 7.41. The molecule has 1 atom stereocenters. The predicted octanol–water partition coefficient (Wildman–Crippen LogP) is -0.833. The van der Waals surface area contributed by atoms with Gasteiger partial charge in [-0.15, -0.1) is 0 Å². The van der Waals surface area contributed by atoms with Gasteiger partial charge in [-0.2, -0.15) is 0 Å². The molecule has 12 heavy (non-hydrogen) atoms. The molecule has 1 unspecified atom stereocenters. The van der Waals surface area contributed by atoms with Gasteiger partial charge in [0, 0.05) is 33.0 Å². The Bertz CT molecular complexity index is 142. The highest BCUT2D eigenvalue weighted by Gasteiger charge is 2.47. The molecule has 1 aliphatic rings. The first-order chi connectivity index (χ1) is 5.67. The van der Waals surface area contributed by atoms with Crippen LogP contribution in [0.5, 0.6) is 0 Å². The SMILES string of the molecule is COC1(OC)CC(C(O)NN)C1. The van der Waals surface area contributed by atoms with E-state index in [2.05, 4.69) is 5.43 Å². The molecule has 1 saturated carbocycles. The van der Waals surface area contributed by atoms with Crippen LogP contribution in [0.15, 0.2) is 0 Å². The highest BCUT2D eigenvalue weighted by molar-refractivity contribution is 4.90. The van der Waals surface area contributed by atoms with Gasteiger partial charge in [-0.05, 0) is 0 Å². The van der Waals surface area contributed by atoms with Crippen molar-refractivity contribution in [2.75, 3.05) is 14.2 Å². The van der Waals surface area contributed by atoms with E-state index in [-0.39, 0.29) is 5.92 Å². The van der Waals surface area contributed by atoms with E-state index in [0.29, 0.717) is 12.8 Å². The van der Waals surface area contributed by atoms with Gasteiger partial charge in [-0.3, -0.25) is 5.84 Å². The van der Waals surface area contributed by atoms with E-state index in [1.807, 2.05) is 0 Å². The van der Waals surface area contributed by atoms with Crippen LogP contribution < -0.4 is 11.3 Å². The fourth-order valence-electron chi connectivity index (χ4n) is 1.52. The summed E-state index contributed by atoms with van der Waals surface area (Å²) in [4.78, 5) is 0. The second-order valence-corrected chi connectivity index (χ2v) is 3.10. The van der Waals surface area contributed by atoms with Crippen molar-refractivity contribution in [2.24, 2.45) is 11.8 Å². The fraction of sp³-hybridized carbons (Fsp3) is 1.00. The lowest BCUT2D eigenvalue weighted by molar-refractivity contribution is -0.282. The standard InChI is InChI=1S/C7H16N2O3/c1-11-7(12-2)3-5(4-7)6(10)9-8/h5-6,9-10H,3-4,8H2,1-2H3. The second-order valence-electron chi connectivity index (χ2n) is 3.10. The van der Waals surface area contributed by atoms with Crippen molar-refractivity contribution >= 4 is 0 Å². The molecule has 1 rings (SSSR count). The molecule has 0 aromatic rings. The van der Waals surface area contributed by atoms with Crippen molar-refractivity contribution in [3.05, 3.63) is 0 Å². The molecule has 1 fully saturated rings. The minimum Gasteiger partial charge on any atom is -0.377 e. The van der Waals surface area contributed by atoms with E-state index in [9.17, 15) is 5.11 Å². The van der Waals surface area contributed by atoms with Crippen molar-refractivity contribution in [2.45, 2.75) is 24.9 Å². The molecule has 0 radical (unpaired) electrons. The minimum atomic E-state index is -0.663. The van der Waals surface area contributed by atoms with Gasteiger partial charge >= 0.3 is 0 Å². The Morgan fingerprint density at radius 1 is 1.50 bits per heavy atom. The molecule has 0 spiro atoms. The molecular formula is C7H16N2O3. The van der Waals surface area contributed by atoms with Crippen LogP contribution in [0.2, 0.25) is 0 Å². The first kappa shape index (κ1) is 9.88. The Balaban J connectivity index is 2.34. The molecule has 0 aromatic carbocycles. The maximum Gasteiger partial charge on any atom is 0.168 e. The molecule has 0 heterocycles. The molecule has 0 aromatic heterocycles. The molecule has 72 valence electrons. The third kappa shape index (κ3) is 1.60. The number of aliphatic hydroxyl groups is 1. The maximum atomic E-state index is 9.25. The Morgan fingerprint density at radius 3 is 2.33 bits per heavy atom. The van der Waals surface area contributed by atoms with Crippen molar-refractivity contribution < 1.29 is 14.6 Å².